The molecule has 1 atom stereocenters. The van der Waals surface area contributed by atoms with E-state index in [0.29, 0.717) is 28.5 Å². The summed E-state index contributed by atoms with van der Waals surface area (Å²) >= 11 is 0. The van der Waals surface area contributed by atoms with Crippen LogP contribution in [-0.4, -0.2) is 0 Å². The fraction of sp³-hybridized carbons (Fsp3) is 0.538. The molecule has 1 aliphatic carbocycles. The summed E-state index contributed by atoms with van der Waals surface area (Å²) in [5.41, 5.74) is 1.78. The summed E-state index contributed by atoms with van der Waals surface area (Å²) in [4.78, 5) is 0. The highest BCUT2D eigenvalue weighted by atomic mass is 19.2. The van der Waals surface area contributed by atoms with Crippen LogP contribution in [0.25, 0.3) is 11.1 Å². The van der Waals surface area contributed by atoms with Gasteiger partial charge in [0.15, 0.2) is 11.6 Å². The second-order valence-electron chi connectivity index (χ2n) is 8.89. The van der Waals surface area contributed by atoms with E-state index in [1.54, 1.807) is 6.07 Å². The Bertz CT molecular complexity index is 791. The molecule has 0 aromatic heterocycles. The predicted octanol–water partition coefficient (Wildman–Crippen LogP) is 8.34. The summed E-state index contributed by atoms with van der Waals surface area (Å²) in [6.45, 7) is 4.49. The minimum absolute atomic E-state index is 0.257. The van der Waals surface area contributed by atoms with Crippen molar-refractivity contribution in [3.8, 4) is 11.1 Å². The molecule has 0 N–H and O–H groups in total. The first kappa shape index (κ1) is 21.9. The van der Waals surface area contributed by atoms with Crippen molar-refractivity contribution >= 4 is 0 Å². The zero-order valence-electron chi connectivity index (χ0n) is 17.7. The van der Waals surface area contributed by atoms with Crippen molar-refractivity contribution in [3.05, 3.63) is 59.4 Å². The maximum Gasteiger partial charge on any atom is 0.159 e. The van der Waals surface area contributed by atoms with Gasteiger partial charge in [0.2, 0.25) is 0 Å². The zero-order chi connectivity index (χ0) is 20.8. The van der Waals surface area contributed by atoms with Gasteiger partial charge in [-0.3, -0.25) is 0 Å². The van der Waals surface area contributed by atoms with Crippen LogP contribution in [0.3, 0.4) is 0 Å². The molecule has 0 aliphatic heterocycles. The van der Waals surface area contributed by atoms with Gasteiger partial charge in [-0.15, -0.1) is 0 Å². The molecular formula is C26H33F3. The molecule has 0 amide bonds. The minimum atomic E-state index is -0.911. The van der Waals surface area contributed by atoms with Crippen LogP contribution in [0.4, 0.5) is 13.2 Å². The fourth-order valence-electron chi connectivity index (χ4n) is 4.81. The van der Waals surface area contributed by atoms with Gasteiger partial charge >= 0.3 is 0 Å². The highest BCUT2D eigenvalue weighted by Gasteiger charge is 2.25. The van der Waals surface area contributed by atoms with Crippen LogP contribution >= 0.6 is 0 Å². The van der Waals surface area contributed by atoms with Gasteiger partial charge in [-0.2, -0.15) is 0 Å². The zero-order valence-corrected chi connectivity index (χ0v) is 17.7. The molecule has 3 rings (SSSR count). The van der Waals surface area contributed by atoms with Crippen LogP contribution in [0.15, 0.2) is 36.4 Å². The van der Waals surface area contributed by atoms with Crippen LogP contribution < -0.4 is 0 Å². The lowest BCUT2D eigenvalue weighted by Gasteiger charge is -2.32. The van der Waals surface area contributed by atoms with E-state index in [1.807, 2.05) is 6.07 Å². The third-order valence-corrected chi connectivity index (χ3v) is 6.76. The van der Waals surface area contributed by atoms with E-state index in [4.69, 9.17) is 0 Å². The van der Waals surface area contributed by atoms with Crippen molar-refractivity contribution in [2.24, 2.45) is 17.8 Å². The second-order valence-corrected chi connectivity index (χ2v) is 8.89. The summed E-state index contributed by atoms with van der Waals surface area (Å²) < 4.78 is 41.3. The van der Waals surface area contributed by atoms with Crippen LogP contribution in [0.1, 0.15) is 70.8 Å². The van der Waals surface area contributed by atoms with Gasteiger partial charge in [0.05, 0.1) is 0 Å². The molecule has 2 aromatic rings. The standard InChI is InChI=1S/C26H33F3/c1-3-4-5-6-19-7-9-20(10-8-19)18(2)15-23-12-11-21(16-25(23)28)22-13-14-24(27)26(29)17-22/h11-14,16-20H,3-10,15H2,1-2H3. The lowest BCUT2D eigenvalue weighted by atomic mass is 9.73. The Morgan fingerprint density at radius 2 is 1.48 bits per heavy atom. The number of benzene rings is 2. The monoisotopic (exact) mass is 402 g/mol. The Morgan fingerprint density at radius 1 is 0.828 bits per heavy atom. The first-order chi connectivity index (χ1) is 14.0. The quantitative estimate of drug-likeness (QED) is 0.389. The van der Waals surface area contributed by atoms with Crippen molar-refractivity contribution in [3.63, 3.8) is 0 Å². The smallest absolute Gasteiger partial charge is 0.159 e. The summed E-state index contributed by atoms with van der Waals surface area (Å²) in [5, 5.41) is 0. The van der Waals surface area contributed by atoms with Gasteiger partial charge in [-0.25, -0.2) is 13.2 Å². The van der Waals surface area contributed by atoms with E-state index in [1.165, 1.54) is 63.5 Å². The average molecular weight is 403 g/mol. The SMILES string of the molecule is CCCCCC1CCC(C(C)Cc2ccc(-c3ccc(F)c(F)c3)cc2F)CC1. The molecule has 0 heterocycles. The molecule has 0 radical (unpaired) electrons. The molecule has 1 fully saturated rings. The molecule has 158 valence electrons. The van der Waals surface area contributed by atoms with E-state index in [0.717, 1.165) is 24.5 Å². The average Bonchev–Trinajstić information content (AvgIpc) is 2.72. The maximum absolute atomic E-state index is 14.7. The number of hydrogen-bond acceptors (Lipinski definition) is 0. The number of unbranched alkanes of at least 4 members (excludes halogenated alkanes) is 2. The van der Waals surface area contributed by atoms with Crippen molar-refractivity contribution in [1.82, 2.24) is 0 Å². The van der Waals surface area contributed by atoms with Crippen LogP contribution in [0.5, 0.6) is 0 Å². The Hall–Kier alpha value is -1.77. The van der Waals surface area contributed by atoms with Crippen LogP contribution in [0, 0.1) is 35.2 Å². The number of hydrogen-bond donors (Lipinski definition) is 0. The van der Waals surface area contributed by atoms with Crippen molar-refractivity contribution in [2.75, 3.05) is 0 Å². The Morgan fingerprint density at radius 3 is 2.10 bits per heavy atom. The third-order valence-electron chi connectivity index (χ3n) is 6.76. The Labute approximate surface area is 173 Å². The third kappa shape index (κ3) is 5.87. The minimum Gasteiger partial charge on any atom is -0.207 e. The first-order valence-corrected chi connectivity index (χ1v) is 11.2. The van der Waals surface area contributed by atoms with Gasteiger partial charge < -0.3 is 0 Å². The molecule has 3 heteroatoms. The van der Waals surface area contributed by atoms with Crippen molar-refractivity contribution < 1.29 is 13.2 Å². The molecule has 1 saturated carbocycles. The second kappa shape index (κ2) is 10.3. The van der Waals surface area contributed by atoms with Gasteiger partial charge in [-0.1, -0.05) is 70.6 Å². The fourth-order valence-corrected chi connectivity index (χ4v) is 4.81. The Balaban J connectivity index is 1.57. The molecule has 2 aromatic carbocycles. The Kier molecular flexibility index (Phi) is 7.80. The normalized spacial score (nSPS) is 20.6. The molecule has 0 spiro atoms. The van der Waals surface area contributed by atoms with Gasteiger partial charge in [-0.05, 0) is 71.9 Å². The summed E-state index contributed by atoms with van der Waals surface area (Å²) in [6, 6.07) is 8.73. The largest absolute Gasteiger partial charge is 0.207 e. The topological polar surface area (TPSA) is 0 Å². The first-order valence-electron chi connectivity index (χ1n) is 11.2. The highest BCUT2D eigenvalue weighted by Crippen LogP contribution is 2.37. The summed E-state index contributed by atoms with van der Waals surface area (Å²) in [7, 11) is 0. The van der Waals surface area contributed by atoms with E-state index in [2.05, 4.69) is 13.8 Å². The van der Waals surface area contributed by atoms with Crippen molar-refractivity contribution in [1.29, 1.82) is 0 Å². The molecule has 0 bridgehead atoms. The lowest BCUT2D eigenvalue weighted by molar-refractivity contribution is 0.203. The molecule has 0 nitrogen and oxygen atoms in total. The summed E-state index contributed by atoms with van der Waals surface area (Å²) in [6.07, 6.45) is 11.2. The maximum atomic E-state index is 14.7. The predicted molar refractivity (Wildman–Crippen MR) is 114 cm³/mol. The van der Waals surface area contributed by atoms with E-state index >= 15 is 0 Å². The highest BCUT2D eigenvalue weighted by molar-refractivity contribution is 5.64. The molecule has 0 saturated heterocycles. The molecular weight excluding hydrogens is 369 g/mol. The van der Waals surface area contributed by atoms with E-state index < -0.39 is 11.6 Å². The van der Waals surface area contributed by atoms with E-state index in [-0.39, 0.29) is 5.82 Å². The molecule has 29 heavy (non-hydrogen) atoms. The van der Waals surface area contributed by atoms with E-state index in [9.17, 15) is 13.2 Å². The number of rotatable bonds is 8. The lowest BCUT2D eigenvalue weighted by Crippen LogP contribution is -2.22. The van der Waals surface area contributed by atoms with Gasteiger partial charge in [0.25, 0.3) is 0 Å². The summed E-state index contributed by atoms with van der Waals surface area (Å²) in [5.74, 6) is -0.0481. The number of halogens is 3. The molecule has 1 unspecified atom stereocenters. The van der Waals surface area contributed by atoms with Crippen LogP contribution in [-0.2, 0) is 6.42 Å². The van der Waals surface area contributed by atoms with Crippen molar-refractivity contribution in [2.45, 2.75) is 71.6 Å². The van der Waals surface area contributed by atoms with Crippen LogP contribution in [0.2, 0.25) is 0 Å². The van der Waals surface area contributed by atoms with Gasteiger partial charge in [0, 0.05) is 0 Å². The molecule has 1 aliphatic rings. The van der Waals surface area contributed by atoms with Gasteiger partial charge in [0.1, 0.15) is 5.82 Å².